The van der Waals surface area contributed by atoms with Crippen LogP contribution in [0.5, 0.6) is 0 Å². The molecule has 0 saturated heterocycles. The smallest absolute Gasteiger partial charge is 0.104 e. The van der Waals surface area contributed by atoms with E-state index in [-0.39, 0.29) is 6.23 Å². The first-order valence-corrected chi connectivity index (χ1v) is 5.18. The molecule has 2 heteroatoms. The van der Waals surface area contributed by atoms with Gasteiger partial charge >= 0.3 is 0 Å². The lowest BCUT2D eigenvalue weighted by Gasteiger charge is -2.20. The van der Waals surface area contributed by atoms with E-state index in [1.807, 2.05) is 6.92 Å². The number of aliphatic hydroxyl groups excluding tert-OH is 1. The molecular weight excluding hydrogens is 150 g/mol. The first-order chi connectivity index (χ1) is 5.74. The summed E-state index contributed by atoms with van der Waals surface area (Å²) in [5.41, 5.74) is 0. The number of unbranched alkanes of at least 4 members (excludes halogenated alkanes) is 1. The molecule has 0 rings (SSSR count). The van der Waals surface area contributed by atoms with E-state index in [1.54, 1.807) is 0 Å². The van der Waals surface area contributed by atoms with Gasteiger partial charge in [-0.25, -0.2) is 0 Å². The van der Waals surface area contributed by atoms with E-state index < -0.39 is 0 Å². The molecule has 0 radical (unpaired) electrons. The molecule has 2 nitrogen and oxygen atoms in total. The fourth-order valence-electron chi connectivity index (χ4n) is 1.25. The number of hydrogen-bond acceptors (Lipinski definition) is 2. The van der Waals surface area contributed by atoms with Gasteiger partial charge in [-0.3, -0.25) is 5.32 Å². The lowest BCUT2D eigenvalue weighted by Crippen LogP contribution is -2.37. The first kappa shape index (κ1) is 11.9. The van der Waals surface area contributed by atoms with Gasteiger partial charge in [-0.1, -0.05) is 33.6 Å². The fourth-order valence-corrected chi connectivity index (χ4v) is 1.25. The van der Waals surface area contributed by atoms with Crippen molar-refractivity contribution in [3.63, 3.8) is 0 Å². The van der Waals surface area contributed by atoms with Crippen molar-refractivity contribution in [1.82, 2.24) is 5.32 Å². The molecule has 2 N–H and O–H groups in total. The Morgan fingerprint density at radius 2 is 1.83 bits per heavy atom. The van der Waals surface area contributed by atoms with Gasteiger partial charge in [-0.2, -0.15) is 0 Å². The van der Waals surface area contributed by atoms with Crippen LogP contribution in [0.2, 0.25) is 0 Å². The summed E-state index contributed by atoms with van der Waals surface area (Å²) in [5, 5.41) is 12.6. The number of hydrogen-bond donors (Lipinski definition) is 2. The average Bonchev–Trinajstić information content (AvgIpc) is 2.11. The molecule has 0 amide bonds. The molecule has 0 aliphatic heterocycles. The van der Waals surface area contributed by atoms with Crippen molar-refractivity contribution in [3.8, 4) is 0 Å². The lowest BCUT2D eigenvalue weighted by atomic mass is 10.1. The molecule has 0 saturated carbocycles. The molecule has 2 unspecified atom stereocenters. The summed E-state index contributed by atoms with van der Waals surface area (Å²) in [5.74, 6) is 0. The van der Waals surface area contributed by atoms with Crippen LogP contribution in [0.25, 0.3) is 0 Å². The van der Waals surface area contributed by atoms with E-state index >= 15 is 0 Å². The van der Waals surface area contributed by atoms with Crippen LogP contribution in [0.4, 0.5) is 0 Å². The van der Waals surface area contributed by atoms with E-state index in [4.69, 9.17) is 0 Å². The predicted octanol–water partition coefficient (Wildman–Crippen LogP) is 2.27. The molecule has 12 heavy (non-hydrogen) atoms. The van der Waals surface area contributed by atoms with Gasteiger partial charge in [0.15, 0.2) is 0 Å². The summed E-state index contributed by atoms with van der Waals surface area (Å²) in [6.07, 6.45) is 5.26. The predicted molar refractivity (Wildman–Crippen MR) is 53.0 cm³/mol. The van der Waals surface area contributed by atoms with Crippen molar-refractivity contribution in [1.29, 1.82) is 0 Å². The Hall–Kier alpha value is -0.0800. The SMILES string of the molecule is CCCCC(CC)NC(O)CC. The summed E-state index contributed by atoms with van der Waals surface area (Å²) in [6, 6.07) is 0.500. The van der Waals surface area contributed by atoms with Crippen molar-refractivity contribution in [2.45, 2.75) is 65.1 Å². The molecule has 0 spiro atoms. The van der Waals surface area contributed by atoms with Gasteiger partial charge in [0.25, 0.3) is 0 Å². The van der Waals surface area contributed by atoms with Crippen LogP contribution in [0.15, 0.2) is 0 Å². The second-order valence-electron chi connectivity index (χ2n) is 3.34. The van der Waals surface area contributed by atoms with Gasteiger partial charge in [0.1, 0.15) is 6.23 Å². The zero-order chi connectivity index (χ0) is 9.40. The highest BCUT2D eigenvalue weighted by atomic mass is 16.3. The highest BCUT2D eigenvalue weighted by Crippen LogP contribution is 2.05. The monoisotopic (exact) mass is 173 g/mol. The third kappa shape index (κ3) is 5.56. The summed E-state index contributed by atoms with van der Waals surface area (Å²) in [7, 11) is 0. The van der Waals surface area contributed by atoms with Crippen LogP contribution in [-0.4, -0.2) is 17.4 Å². The number of aliphatic hydroxyl groups is 1. The Kier molecular flexibility index (Phi) is 7.51. The highest BCUT2D eigenvalue weighted by molar-refractivity contribution is 4.65. The summed E-state index contributed by atoms with van der Waals surface area (Å²) < 4.78 is 0. The van der Waals surface area contributed by atoms with Gasteiger partial charge in [-0.15, -0.1) is 0 Å². The van der Waals surface area contributed by atoms with Crippen LogP contribution in [-0.2, 0) is 0 Å². The van der Waals surface area contributed by atoms with Gasteiger partial charge in [0.05, 0.1) is 0 Å². The topological polar surface area (TPSA) is 32.3 Å². The highest BCUT2D eigenvalue weighted by Gasteiger charge is 2.08. The fraction of sp³-hybridized carbons (Fsp3) is 1.00. The average molecular weight is 173 g/mol. The van der Waals surface area contributed by atoms with E-state index in [0.717, 1.165) is 12.8 Å². The maximum Gasteiger partial charge on any atom is 0.104 e. The molecule has 0 aliphatic carbocycles. The van der Waals surface area contributed by atoms with Crippen LogP contribution in [0, 0.1) is 0 Å². The second kappa shape index (κ2) is 7.56. The van der Waals surface area contributed by atoms with Crippen molar-refractivity contribution in [2.24, 2.45) is 0 Å². The zero-order valence-electron chi connectivity index (χ0n) is 8.64. The molecule has 0 heterocycles. The van der Waals surface area contributed by atoms with Crippen LogP contribution < -0.4 is 5.32 Å². The molecule has 0 aromatic rings. The Labute approximate surface area is 76.4 Å². The van der Waals surface area contributed by atoms with Gasteiger partial charge < -0.3 is 5.11 Å². The van der Waals surface area contributed by atoms with Gasteiger partial charge in [0.2, 0.25) is 0 Å². The second-order valence-corrected chi connectivity index (χ2v) is 3.34. The Morgan fingerprint density at radius 3 is 2.25 bits per heavy atom. The molecule has 0 aliphatic rings. The van der Waals surface area contributed by atoms with Crippen molar-refractivity contribution in [3.05, 3.63) is 0 Å². The molecule has 0 bridgehead atoms. The van der Waals surface area contributed by atoms with Crippen molar-refractivity contribution < 1.29 is 5.11 Å². The Bertz CT molecular complexity index is 95.8. The van der Waals surface area contributed by atoms with Gasteiger partial charge in [0, 0.05) is 6.04 Å². The minimum Gasteiger partial charge on any atom is -0.379 e. The molecular formula is C10H23NO. The van der Waals surface area contributed by atoms with E-state index in [0.29, 0.717) is 6.04 Å². The first-order valence-electron chi connectivity index (χ1n) is 5.18. The Morgan fingerprint density at radius 1 is 1.17 bits per heavy atom. The van der Waals surface area contributed by atoms with Crippen LogP contribution in [0.1, 0.15) is 52.9 Å². The third-order valence-electron chi connectivity index (χ3n) is 2.21. The van der Waals surface area contributed by atoms with Crippen LogP contribution in [0.3, 0.4) is 0 Å². The van der Waals surface area contributed by atoms with Crippen molar-refractivity contribution in [2.75, 3.05) is 0 Å². The minimum atomic E-state index is -0.313. The molecule has 0 aromatic heterocycles. The number of rotatable bonds is 7. The van der Waals surface area contributed by atoms with E-state index in [9.17, 15) is 5.11 Å². The van der Waals surface area contributed by atoms with E-state index in [2.05, 4.69) is 19.2 Å². The molecule has 0 aromatic carbocycles. The third-order valence-corrected chi connectivity index (χ3v) is 2.21. The largest absolute Gasteiger partial charge is 0.379 e. The summed E-state index contributed by atoms with van der Waals surface area (Å²) in [6.45, 7) is 6.35. The summed E-state index contributed by atoms with van der Waals surface area (Å²) >= 11 is 0. The van der Waals surface area contributed by atoms with E-state index in [1.165, 1.54) is 19.3 Å². The summed E-state index contributed by atoms with van der Waals surface area (Å²) in [4.78, 5) is 0. The minimum absolute atomic E-state index is 0.313. The quantitative estimate of drug-likeness (QED) is 0.579. The van der Waals surface area contributed by atoms with Gasteiger partial charge in [-0.05, 0) is 19.3 Å². The molecule has 0 fully saturated rings. The molecule has 2 atom stereocenters. The van der Waals surface area contributed by atoms with Crippen molar-refractivity contribution >= 4 is 0 Å². The maximum atomic E-state index is 9.35. The number of nitrogens with one attached hydrogen (secondary N) is 1. The molecule has 74 valence electrons. The van der Waals surface area contributed by atoms with Crippen LogP contribution >= 0.6 is 0 Å². The standard InChI is InChI=1S/C10H23NO/c1-4-7-8-9(5-2)11-10(12)6-3/h9-12H,4-8H2,1-3H3. The maximum absolute atomic E-state index is 9.35. The Balaban J connectivity index is 3.51. The lowest BCUT2D eigenvalue weighted by molar-refractivity contribution is 0.114. The normalized spacial score (nSPS) is 16.0. The zero-order valence-corrected chi connectivity index (χ0v) is 8.64.